The van der Waals surface area contributed by atoms with Crippen LogP contribution < -0.4 is 10.6 Å². The lowest BCUT2D eigenvalue weighted by molar-refractivity contribution is 0.102. The number of carbonyl (C=O) groups is 2. The van der Waals surface area contributed by atoms with Crippen molar-refractivity contribution in [2.75, 3.05) is 10.6 Å². The number of aromatic amines is 1. The number of H-pyrrole nitrogens is 1. The highest BCUT2D eigenvalue weighted by Crippen LogP contribution is 2.30. The molecular weight excluding hydrogens is 408 g/mol. The minimum absolute atomic E-state index is 0.0231. The van der Waals surface area contributed by atoms with Crippen LogP contribution in [0.2, 0.25) is 0 Å². The molecule has 0 unspecified atom stereocenters. The van der Waals surface area contributed by atoms with Gasteiger partial charge in [-0.1, -0.05) is 51.1 Å². The minimum Gasteiger partial charge on any atom is -0.321 e. The fourth-order valence-electron chi connectivity index (χ4n) is 3.22. The molecule has 0 aliphatic heterocycles. The van der Waals surface area contributed by atoms with E-state index in [1.54, 1.807) is 6.07 Å². The zero-order valence-electron chi connectivity index (χ0n) is 17.9. The van der Waals surface area contributed by atoms with E-state index in [0.717, 1.165) is 21.6 Å². The van der Waals surface area contributed by atoms with Crippen molar-refractivity contribution in [3.05, 3.63) is 76.2 Å². The maximum Gasteiger partial charge on any atom is 0.265 e. The van der Waals surface area contributed by atoms with Crippen LogP contribution in [0.25, 0.3) is 10.2 Å². The molecule has 3 N–H and O–H groups in total. The number of aromatic nitrogens is 2. The number of thiophene rings is 1. The summed E-state index contributed by atoms with van der Waals surface area (Å²) in [7, 11) is 0. The Morgan fingerprint density at radius 3 is 2.35 bits per heavy atom. The van der Waals surface area contributed by atoms with Crippen molar-refractivity contribution in [1.29, 1.82) is 0 Å². The lowest BCUT2D eigenvalue weighted by atomic mass is 9.87. The molecule has 0 bridgehead atoms. The van der Waals surface area contributed by atoms with Crippen LogP contribution in [0.1, 0.15) is 51.9 Å². The maximum atomic E-state index is 12.7. The van der Waals surface area contributed by atoms with Crippen molar-refractivity contribution in [3.63, 3.8) is 0 Å². The molecule has 0 aliphatic carbocycles. The van der Waals surface area contributed by atoms with Gasteiger partial charge in [-0.3, -0.25) is 14.7 Å². The predicted molar refractivity (Wildman–Crippen MR) is 126 cm³/mol. The average molecular weight is 433 g/mol. The Kier molecular flexibility index (Phi) is 5.37. The molecule has 0 atom stereocenters. The summed E-state index contributed by atoms with van der Waals surface area (Å²) in [4.78, 5) is 26.6. The van der Waals surface area contributed by atoms with E-state index < -0.39 is 0 Å². The summed E-state index contributed by atoms with van der Waals surface area (Å²) in [6.07, 6.45) is 0. The summed E-state index contributed by atoms with van der Waals surface area (Å²) >= 11 is 1.30. The summed E-state index contributed by atoms with van der Waals surface area (Å²) < 4.78 is 0. The van der Waals surface area contributed by atoms with E-state index in [0.29, 0.717) is 21.6 Å². The van der Waals surface area contributed by atoms with Gasteiger partial charge in [0.1, 0.15) is 4.83 Å². The molecule has 0 saturated heterocycles. The minimum atomic E-state index is -0.244. The molecule has 2 aromatic carbocycles. The fraction of sp³-hybridized carbons (Fsp3) is 0.208. The van der Waals surface area contributed by atoms with Crippen molar-refractivity contribution < 1.29 is 9.59 Å². The lowest BCUT2D eigenvalue weighted by Crippen LogP contribution is -2.14. The predicted octanol–water partition coefficient (Wildman–Crippen LogP) is 5.73. The summed E-state index contributed by atoms with van der Waals surface area (Å²) in [5, 5.41) is 13.6. The molecule has 4 aromatic rings. The second-order valence-electron chi connectivity index (χ2n) is 8.48. The summed E-state index contributed by atoms with van der Waals surface area (Å²) in [6.45, 7) is 8.34. The van der Waals surface area contributed by atoms with Gasteiger partial charge < -0.3 is 10.6 Å². The van der Waals surface area contributed by atoms with Crippen LogP contribution in [-0.2, 0) is 5.41 Å². The van der Waals surface area contributed by atoms with Crippen LogP contribution in [-0.4, -0.2) is 22.0 Å². The second-order valence-corrected chi connectivity index (χ2v) is 9.53. The SMILES string of the molecule is Cc1ccccc1NC(=O)c1cc2c(NC(=O)c3ccc(C(C)(C)C)cc3)n[nH]c2s1. The van der Waals surface area contributed by atoms with Crippen molar-refractivity contribution in [3.8, 4) is 0 Å². The van der Waals surface area contributed by atoms with E-state index in [4.69, 9.17) is 0 Å². The summed E-state index contributed by atoms with van der Waals surface area (Å²) in [5.41, 5.74) is 3.50. The number of carbonyl (C=O) groups excluding carboxylic acids is 2. The number of amides is 2. The molecule has 7 heteroatoms. The monoisotopic (exact) mass is 432 g/mol. The normalized spacial score (nSPS) is 11.5. The van der Waals surface area contributed by atoms with Crippen LogP contribution >= 0.6 is 11.3 Å². The number of anilines is 2. The molecule has 0 fully saturated rings. The molecule has 6 nitrogen and oxygen atoms in total. The zero-order valence-corrected chi connectivity index (χ0v) is 18.7. The van der Waals surface area contributed by atoms with Gasteiger partial charge in [0.2, 0.25) is 0 Å². The van der Waals surface area contributed by atoms with Gasteiger partial charge in [-0.2, -0.15) is 5.10 Å². The number of aryl methyl sites for hydroxylation is 1. The van der Waals surface area contributed by atoms with Gasteiger partial charge in [-0.25, -0.2) is 0 Å². The fourth-order valence-corrected chi connectivity index (χ4v) is 4.12. The van der Waals surface area contributed by atoms with Crippen molar-refractivity contribution in [2.45, 2.75) is 33.1 Å². The second kappa shape index (κ2) is 8.00. The smallest absolute Gasteiger partial charge is 0.265 e. The van der Waals surface area contributed by atoms with E-state index in [1.165, 1.54) is 11.3 Å². The van der Waals surface area contributed by atoms with Gasteiger partial charge >= 0.3 is 0 Å². The third-order valence-electron chi connectivity index (χ3n) is 5.12. The van der Waals surface area contributed by atoms with E-state index in [-0.39, 0.29) is 17.2 Å². The van der Waals surface area contributed by atoms with Crippen LogP contribution in [0.15, 0.2) is 54.6 Å². The quantitative estimate of drug-likeness (QED) is 0.385. The first kappa shape index (κ1) is 20.8. The number of hydrogen-bond donors (Lipinski definition) is 3. The van der Waals surface area contributed by atoms with Gasteiger partial charge in [-0.05, 0) is 47.7 Å². The highest BCUT2D eigenvalue weighted by atomic mass is 32.1. The number of benzene rings is 2. The summed E-state index contributed by atoms with van der Waals surface area (Å²) in [5.74, 6) is -0.0315. The van der Waals surface area contributed by atoms with Gasteiger partial charge in [0.25, 0.3) is 11.8 Å². The molecule has 2 heterocycles. The average Bonchev–Trinajstić information content (AvgIpc) is 3.31. The Morgan fingerprint density at radius 2 is 1.68 bits per heavy atom. The number of nitrogens with one attached hydrogen (secondary N) is 3. The van der Waals surface area contributed by atoms with E-state index in [1.807, 2.05) is 55.5 Å². The first-order chi connectivity index (χ1) is 14.7. The first-order valence-corrected chi connectivity index (χ1v) is 10.8. The first-order valence-electron chi connectivity index (χ1n) is 9.99. The van der Waals surface area contributed by atoms with Crippen LogP contribution in [0.4, 0.5) is 11.5 Å². The standard InChI is InChI=1S/C24H24N4O2S/c1-14-7-5-6-8-18(14)25-22(30)19-13-17-20(27-28-23(17)31-19)26-21(29)15-9-11-16(12-10-15)24(2,3)4/h5-13H,1-4H3,(H,25,30)(H2,26,27,28,29). The Balaban J connectivity index is 1.52. The molecule has 0 spiro atoms. The summed E-state index contributed by atoms with van der Waals surface area (Å²) in [6, 6.07) is 16.9. The van der Waals surface area contributed by atoms with Crippen molar-refractivity contribution in [2.24, 2.45) is 0 Å². The molecule has 0 radical (unpaired) electrons. The Hall–Kier alpha value is -3.45. The zero-order chi connectivity index (χ0) is 22.2. The van der Waals surface area contributed by atoms with E-state index >= 15 is 0 Å². The van der Waals surface area contributed by atoms with Crippen LogP contribution in [0, 0.1) is 6.92 Å². The highest BCUT2D eigenvalue weighted by Gasteiger charge is 2.18. The molecule has 0 saturated carbocycles. The van der Waals surface area contributed by atoms with Gasteiger partial charge in [0.05, 0.1) is 10.3 Å². The number of nitrogens with zero attached hydrogens (tertiary/aromatic N) is 1. The number of hydrogen-bond acceptors (Lipinski definition) is 4. The molecule has 158 valence electrons. The topological polar surface area (TPSA) is 86.9 Å². The maximum absolute atomic E-state index is 12.7. The Labute approximate surface area is 184 Å². The number of rotatable bonds is 4. The number of fused-ring (bicyclic) bond motifs is 1. The van der Waals surface area contributed by atoms with E-state index in [2.05, 4.69) is 41.6 Å². The largest absolute Gasteiger partial charge is 0.321 e. The third-order valence-corrected chi connectivity index (χ3v) is 6.16. The van der Waals surface area contributed by atoms with Gasteiger partial charge in [-0.15, -0.1) is 11.3 Å². The van der Waals surface area contributed by atoms with Gasteiger partial charge in [0.15, 0.2) is 5.82 Å². The third kappa shape index (κ3) is 4.36. The molecule has 4 rings (SSSR count). The van der Waals surface area contributed by atoms with E-state index in [9.17, 15) is 9.59 Å². The van der Waals surface area contributed by atoms with Crippen LogP contribution in [0.5, 0.6) is 0 Å². The van der Waals surface area contributed by atoms with Crippen molar-refractivity contribution in [1.82, 2.24) is 10.2 Å². The van der Waals surface area contributed by atoms with Crippen LogP contribution in [0.3, 0.4) is 0 Å². The molecule has 2 aromatic heterocycles. The molecule has 0 aliphatic rings. The van der Waals surface area contributed by atoms with Crippen molar-refractivity contribution >= 4 is 44.9 Å². The Bertz CT molecular complexity index is 1260. The Morgan fingerprint density at radius 1 is 0.968 bits per heavy atom. The molecule has 2 amide bonds. The molecule has 31 heavy (non-hydrogen) atoms. The molecular formula is C24H24N4O2S. The van der Waals surface area contributed by atoms with Gasteiger partial charge in [0, 0.05) is 11.3 Å². The lowest BCUT2D eigenvalue weighted by Gasteiger charge is -2.18. The highest BCUT2D eigenvalue weighted by molar-refractivity contribution is 7.20. The number of para-hydroxylation sites is 1.